The fourth-order valence-corrected chi connectivity index (χ4v) is 2.13. The third kappa shape index (κ3) is 4.67. The number of nitrogens with one attached hydrogen (secondary N) is 1. The molecule has 0 aliphatic heterocycles. The molecule has 0 fully saturated rings. The number of rotatable bonds is 6. The third-order valence-corrected chi connectivity index (χ3v) is 3.46. The largest absolute Gasteiger partial charge is 0.345 e. The number of carbonyl (C=O) groups excluding carboxylic acids is 1. The van der Waals surface area contributed by atoms with Gasteiger partial charge in [-0.2, -0.15) is 0 Å². The summed E-state index contributed by atoms with van der Waals surface area (Å²) in [6.45, 7) is -1.95. The van der Waals surface area contributed by atoms with Crippen LogP contribution in [0.2, 0.25) is 0 Å². The highest BCUT2D eigenvalue weighted by Gasteiger charge is 2.22. The second-order valence-electron chi connectivity index (χ2n) is 3.64. The summed E-state index contributed by atoms with van der Waals surface area (Å²) in [4.78, 5) is 11.0. The van der Waals surface area contributed by atoms with Crippen molar-refractivity contribution in [2.45, 2.75) is 24.3 Å². The molecule has 0 spiro atoms. The van der Waals surface area contributed by atoms with Crippen molar-refractivity contribution in [2.24, 2.45) is 0 Å². The van der Waals surface area contributed by atoms with Crippen molar-refractivity contribution in [3.8, 4) is 0 Å². The van der Waals surface area contributed by atoms with Gasteiger partial charge in [0, 0.05) is 16.9 Å². The number of nitrogens with zero attached hydrogens (tertiary/aromatic N) is 1. The van der Waals surface area contributed by atoms with Gasteiger partial charge in [-0.25, -0.2) is 26.0 Å². The van der Waals surface area contributed by atoms with E-state index < -0.39 is 51.5 Å². The van der Waals surface area contributed by atoms with E-state index in [2.05, 4.69) is 0 Å². The number of hydrogen-bond acceptors (Lipinski definition) is 3. The minimum atomic E-state index is -4.23. The molecular formula is C9H9ClF4N2O3S. The van der Waals surface area contributed by atoms with Crippen LogP contribution in [0.3, 0.4) is 0 Å². The van der Waals surface area contributed by atoms with Crippen molar-refractivity contribution in [1.82, 2.24) is 9.88 Å². The summed E-state index contributed by atoms with van der Waals surface area (Å²) in [5.74, 6) is -1.10. The summed E-state index contributed by atoms with van der Waals surface area (Å²) in [5, 5.41) is 1.78. The number of aromatic nitrogens is 1. The lowest BCUT2D eigenvalue weighted by atomic mass is 10.4. The smallest absolute Gasteiger partial charge is 0.268 e. The number of halogens is 5. The Hall–Kier alpha value is -1.29. The summed E-state index contributed by atoms with van der Waals surface area (Å²) in [5.41, 5.74) is -0.495. The standard InChI is InChI=1S/C9H9ClF4N2O3S/c10-20(18,19)5-1-6(9(17)15-2-7(11)12)16(3-5)4-8(13)14/h1,3,7-8H,2,4H2,(H,15,17). The molecule has 1 amide bonds. The molecule has 0 saturated carbocycles. The van der Waals surface area contributed by atoms with E-state index in [4.69, 9.17) is 10.7 Å². The first-order valence-electron chi connectivity index (χ1n) is 5.10. The molecule has 0 aliphatic rings. The van der Waals surface area contributed by atoms with E-state index >= 15 is 0 Å². The Kier molecular flexibility index (Phi) is 5.40. The van der Waals surface area contributed by atoms with Crippen LogP contribution < -0.4 is 5.32 Å². The van der Waals surface area contributed by atoms with Gasteiger partial charge in [-0.05, 0) is 6.07 Å². The predicted molar refractivity (Wildman–Crippen MR) is 61.8 cm³/mol. The maximum absolute atomic E-state index is 12.3. The van der Waals surface area contributed by atoms with Gasteiger partial charge in [0.2, 0.25) is 0 Å². The Bertz CT molecular complexity index is 588. The molecule has 1 aromatic rings. The molecule has 0 atom stereocenters. The molecule has 0 unspecified atom stereocenters. The van der Waals surface area contributed by atoms with E-state index in [0.717, 1.165) is 12.3 Å². The summed E-state index contributed by atoms with van der Waals surface area (Å²) >= 11 is 0. The lowest BCUT2D eigenvalue weighted by molar-refractivity contribution is 0.0871. The first-order chi connectivity index (χ1) is 9.11. The molecule has 0 radical (unpaired) electrons. The Balaban J connectivity index is 3.09. The molecule has 20 heavy (non-hydrogen) atoms. The molecule has 1 aromatic heterocycles. The molecular weight excluding hydrogens is 328 g/mol. The molecule has 1 N–H and O–H groups in total. The topological polar surface area (TPSA) is 68.2 Å². The molecule has 5 nitrogen and oxygen atoms in total. The highest BCUT2D eigenvalue weighted by atomic mass is 35.7. The molecule has 0 aliphatic carbocycles. The first kappa shape index (κ1) is 16.8. The predicted octanol–water partition coefficient (Wildman–Crippen LogP) is 1.68. The van der Waals surface area contributed by atoms with Gasteiger partial charge in [0.1, 0.15) is 10.6 Å². The highest BCUT2D eigenvalue weighted by molar-refractivity contribution is 8.13. The summed E-state index contributed by atoms with van der Waals surface area (Å²) in [7, 11) is 0.806. The number of hydrogen-bond donors (Lipinski definition) is 1. The average Bonchev–Trinajstić information content (AvgIpc) is 2.68. The summed E-state index contributed by atoms with van der Waals surface area (Å²) in [6, 6.07) is 0.742. The first-order valence-corrected chi connectivity index (χ1v) is 7.41. The van der Waals surface area contributed by atoms with Crippen LogP contribution in [-0.2, 0) is 15.6 Å². The van der Waals surface area contributed by atoms with Crippen molar-refractivity contribution in [3.63, 3.8) is 0 Å². The maximum Gasteiger partial charge on any atom is 0.268 e. The van der Waals surface area contributed by atoms with Crippen LogP contribution in [-0.4, -0.2) is 38.3 Å². The van der Waals surface area contributed by atoms with Crippen LogP contribution in [0, 0.1) is 0 Å². The minimum absolute atomic E-state index is 0.495. The summed E-state index contributed by atoms with van der Waals surface area (Å²) in [6.07, 6.45) is -4.95. The van der Waals surface area contributed by atoms with Crippen LogP contribution in [0.15, 0.2) is 17.2 Å². The van der Waals surface area contributed by atoms with E-state index in [1.165, 1.54) is 0 Å². The molecule has 0 bridgehead atoms. The lowest BCUT2D eigenvalue weighted by Gasteiger charge is -2.08. The molecule has 0 saturated heterocycles. The third-order valence-electron chi connectivity index (χ3n) is 2.14. The van der Waals surface area contributed by atoms with Gasteiger partial charge < -0.3 is 9.88 Å². The summed E-state index contributed by atoms with van der Waals surface area (Å²) < 4.78 is 71.4. The van der Waals surface area contributed by atoms with Gasteiger partial charge in [0.15, 0.2) is 0 Å². The Morgan fingerprint density at radius 1 is 1.30 bits per heavy atom. The van der Waals surface area contributed by atoms with E-state index in [1.54, 1.807) is 5.32 Å². The Labute approximate surface area is 115 Å². The van der Waals surface area contributed by atoms with Crippen LogP contribution >= 0.6 is 10.7 Å². The minimum Gasteiger partial charge on any atom is -0.345 e. The zero-order valence-electron chi connectivity index (χ0n) is 9.69. The second kappa shape index (κ2) is 6.44. The van der Waals surface area contributed by atoms with Crippen LogP contribution in [0.25, 0.3) is 0 Å². The molecule has 1 rings (SSSR count). The average molecular weight is 337 g/mol. The van der Waals surface area contributed by atoms with Crippen molar-refractivity contribution in [1.29, 1.82) is 0 Å². The van der Waals surface area contributed by atoms with Crippen molar-refractivity contribution in [3.05, 3.63) is 18.0 Å². The zero-order valence-corrected chi connectivity index (χ0v) is 11.3. The van der Waals surface area contributed by atoms with Gasteiger partial charge >= 0.3 is 0 Å². The Morgan fingerprint density at radius 3 is 2.35 bits per heavy atom. The van der Waals surface area contributed by atoms with Crippen molar-refractivity contribution < 1.29 is 30.8 Å². The number of alkyl halides is 4. The maximum atomic E-state index is 12.3. The van der Waals surface area contributed by atoms with Crippen molar-refractivity contribution >= 4 is 25.6 Å². The van der Waals surface area contributed by atoms with Gasteiger partial charge in [0.05, 0.1) is 13.1 Å². The van der Waals surface area contributed by atoms with E-state index in [9.17, 15) is 30.8 Å². The SMILES string of the molecule is O=C(NCC(F)F)c1cc(S(=O)(=O)Cl)cn1CC(F)F. The highest BCUT2D eigenvalue weighted by Crippen LogP contribution is 2.19. The molecule has 11 heteroatoms. The molecule has 1 heterocycles. The van der Waals surface area contributed by atoms with Crippen molar-refractivity contribution in [2.75, 3.05) is 6.54 Å². The molecule has 0 aromatic carbocycles. The number of amides is 1. The monoisotopic (exact) mass is 336 g/mol. The van der Waals surface area contributed by atoms with Gasteiger partial charge in [0.25, 0.3) is 27.8 Å². The Morgan fingerprint density at radius 2 is 1.90 bits per heavy atom. The van der Waals surface area contributed by atoms with Crippen LogP contribution in [0.4, 0.5) is 17.6 Å². The van der Waals surface area contributed by atoms with E-state index in [1.807, 2.05) is 0 Å². The molecule has 114 valence electrons. The van der Waals surface area contributed by atoms with E-state index in [0.29, 0.717) is 4.57 Å². The fourth-order valence-electron chi connectivity index (χ4n) is 1.37. The number of carbonyl (C=O) groups is 1. The zero-order chi connectivity index (χ0) is 15.5. The van der Waals surface area contributed by atoms with Gasteiger partial charge in [-0.3, -0.25) is 4.79 Å². The van der Waals surface area contributed by atoms with Gasteiger partial charge in [-0.15, -0.1) is 0 Å². The second-order valence-corrected chi connectivity index (χ2v) is 6.21. The van der Waals surface area contributed by atoms with Crippen LogP contribution in [0.1, 0.15) is 10.5 Å². The van der Waals surface area contributed by atoms with Crippen LogP contribution in [0.5, 0.6) is 0 Å². The normalized spacial score (nSPS) is 12.2. The quantitative estimate of drug-likeness (QED) is 0.635. The lowest BCUT2D eigenvalue weighted by Crippen LogP contribution is -2.30. The van der Waals surface area contributed by atoms with E-state index in [-0.39, 0.29) is 0 Å². The fraction of sp³-hybridized carbons (Fsp3) is 0.444. The van der Waals surface area contributed by atoms with Gasteiger partial charge in [-0.1, -0.05) is 0 Å².